The maximum atomic E-state index is 13.5. The van der Waals surface area contributed by atoms with Crippen molar-refractivity contribution in [1.82, 2.24) is 4.57 Å². The minimum Gasteiger partial charge on any atom is -0.497 e. The van der Waals surface area contributed by atoms with Gasteiger partial charge in [0, 0.05) is 22.3 Å². The summed E-state index contributed by atoms with van der Waals surface area (Å²) in [5.74, 6) is 0.325. The molecular weight excluding hydrogens is 448 g/mol. The molecule has 1 heterocycles. The molecule has 34 heavy (non-hydrogen) atoms. The summed E-state index contributed by atoms with van der Waals surface area (Å²) < 4.78 is 6.89. The highest BCUT2D eigenvalue weighted by Gasteiger charge is 2.15. The van der Waals surface area contributed by atoms with Crippen LogP contribution in [0.1, 0.15) is 22.3 Å². The van der Waals surface area contributed by atoms with Crippen molar-refractivity contribution in [3.05, 3.63) is 104 Å². The van der Waals surface area contributed by atoms with Crippen LogP contribution in [0, 0.1) is 13.8 Å². The number of carbonyl (C=O) groups excluding carboxylic acids is 1. The Kier molecular flexibility index (Phi) is 7.03. The standard InChI is InChI=1S/C28H27ClN2O3/c1-18-7-9-20(10-8-18)11-12-22-15-21-13-14-23(34-3)16-26(21)31(28(22)33)17-27(32)30-25-6-4-5-24(29)19(25)2/h4-10,13-16H,11-12,17H2,1-3H3,(H,30,32). The van der Waals surface area contributed by atoms with Crippen molar-refractivity contribution in [2.75, 3.05) is 12.4 Å². The predicted molar refractivity (Wildman–Crippen MR) is 138 cm³/mol. The lowest BCUT2D eigenvalue weighted by Crippen LogP contribution is -2.30. The molecule has 6 heteroatoms. The van der Waals surface area contributed by atoms with Gasteiger partial charge in [-0.2, -0.15) is 0 Å². The molecule has 0 aliphatic rings. The van der Waals surface area contributed by atoms with E-state index in [1.807, 2.05) is 25.1 Å². The summed E-state index contributed by atoms with van der Waals surface area (Å²) >= 11 is 6.19. The highest BCUT2D eigenvalue weighted by Crippen LogP contribution is 2.24. The summed E-state index contributed by atoms with van der Waals surface area (Å²) in [6.45, 7) is 3.78. The lowest BCUT2D eigenvalue weighted by Gasteiger charge is -2.15. The number of aryl methyl sites for hydroxylation is 3. The number of hydrogen-bond acceptors (Lipinski definition) is 3. The van der Waals surface area contributed by atoms with Crippen molar-refractivity contribution in [3.8, 4) is 5.75 Å². The third-order valence-electron chi connectivity index (χ3n) is 6.03. The fourth-order valence-corrected chi connectivity index (χ4v) is 4.16. The highest BCUT2D eigenvalue weighted by molar-refractivity contribution is 6.31. The Morgan fingerprint density at radius 3 is 2.50 bits per heavy atom. The van der Waals surface area contributed by atoms with Crippen LogP contribution in [0.4, 0.5) is 5.69 Å². The van der Waals surface area contributed by atoms with Crippen molar-refractivity contribution in [2.24, 2.45) is 0 Å². The van der Waals surface area contributed by atoms with Gasteiger partial charge in [-0.25, -0.2) is 0 Å². The third kappa shape index (κ3) is 5.15. The van der Waals surface area contributed by atoms with Crippen molar-refractivity contribution in [2.45, 2.75) is 33.2 Å². The molecule has 1 N–H and O–H groups in total. The number of methoxy groups -OCH3 is 1. The summed E-state index contributed by atoms with van der Waals surface area (Å²) in [6, 6.07) is 21.1. The van der Waals surface area contributed by atoms with Gasteiger partial charge in [-0.05, 0) is 73.5 Å². The quantitative estimate of drug-likeness (QED) is 0.373. The van der Waals surface area contributed by atoms with E-state index < -0.39 is 0 Å². The van der Waals surface area contributed by atoms with E-state index in [1.54, 1.807) is 31.4 Å². The fourth-order valence-electron chi connectivity index (χ4n) is 3.98. The van der Waals surface area contributed by atoms with Crippen LogP contribution in [-0.4, -0.2) is 17.6 Å². The van der Waals surface area contributed by atoms with Gasteiger partial charge in [0.25, 0.3) is 5.56 Å². The molecule has 1 amide bonds. The largest absolute Gasteiger partial charge is 0.497 e. The molecule has 0 radical (unpaired) electrons. The number of carbonyl (C=O) groups is 1. The average Bonchev–Trinajstić information content (AvgIpc) is 2.83. The minimum absolute atomic E-state index is 0.118. The first kappa shape index (κ1) is 23.6. The molecule has 0 fully saturated rings. The van der Waals surface area contributed by atoms with Crippen LogP contribution in [0.5, 0.6) is 5.75 Å². The topological polar surface area (TPSA) is 60.3 Å². The Hall–Kier alpha value is -3.57. The maximum Gasteiger partial charge on any atom is 0.254 e. The SMILES string of the molecule is COc1ccc2cc(CCc3ccc(C)cc3)c(=O)n(CC(=O)Nc3cccc(Cl)c3C)c2c1. The van der Waals surface area contributed by atoms with Crippen LogP contribution in [-0.2, 0) is 24.2 Å². The van der Waals surface area contributed by atoms with Crippen molar-refractivity contribution >= 4 is 34.1 Å². The number of pyridine rings is 1. The van der Waals surface area contributed by atoms with Crippen LogP contribution in [0.2, 0.25) is 5.02 Å². The van der Waals surface area contributed by atoms with Crippen LogP contribution in [0.3, 0.4) is 0 Å². The second-order valence-corrected chi connectivity index (χ2v) is 8.84. The van der Waals surface area contributed by atoms with Crippen molar-refractivity contribution in [1.29, 1.82) is 0 Å². The highest BCUT2D eigenvalue weighted by atomic mass is 35.5. The van der Waals surface area contributed by atoms with E-state index in [9.17, 15) is 9.59 Å². The molecule has 4 aromatic rings. The molecule has 0 saturated carbocycles. The van der Waals surface area contributed by atoms with E-state index in [1.165, 1.54) is 15.7 Å². The van der Waals surface area contributed by atoms with E-state index in [4.69, 9.17) is 16.3 Å². The zero-order valence-electron chi connectivity index (χ0n) is 19.5. The number of rotatable bonds is 7. The molecule has 0 aliphatic carbocycles. The lowest BCUT2D eigenvalue weighted by molar-refractivity contribution is -0.116. The minimum atomic E-state index is -0.299. The molecule has 5 nitrogen and oxygen atoms in total. The molecule has 3 aromatic carbocycles. The second kappa shape index (κ2) is 10.1. The smallest absolute Gasteiger partial charge is 0.254 e. The molecule has 1 aromatic heterocycles. The number of halogens is 1. The fraction of sp³-hybridized carbons (Fsp3) is 0.214. The number of nitrogens with one attached hydrogen (secondary N) is 1. The summed E-state index contributed by atoms with van der Waals surface area (Å²) in [7, 11) is 1.58. The van der Waals surface area contributed by atoms with Gasteiger partial charge in [0.15, 0.2) is 0 Å². The molecule has 0 saturated heterocycles. The van der Waals surface area contributed by atoms with Gasteiger partial charge >= 0.3 is 0 Å². The van der Waals surface area contributed by atoms with Crippen LogP contribution >= 0.6 is 11.6 Å². The van der Waals surface area contributed by atoms with Crippen molar-refractivity contribution < 1.29 is 9.53 Å². The Labute approximate surface area is 204 Å². The van der Waals surface area contributed by atoms with E-state index in [2.05, 4.69) is 36.5 Å². The monoisotopic (exact) mass is 474 g/mol. The third-order valence-corrected chi connectivity index (χ3v) is 6.43. The Morgan fingerprint density at radius 2 is 1.76 bits per heavy atom. The molecule has 0 aliphatic heterocycles. The summed E-state index contributed by atoms with van der Waals surface area (Å²) in [5, 5.41) is 4.34. The van der Waals surface area contributed by atoms with E-state index >= 15 is 0 Å². The number of anilines is 1. The van der Waals surface area contributed by atoms with E-state index in [0.717, 1.165) is 17.4 Å². The van der Waals surface area contributed by atoms with Gasteiger partial charge in [-0.1, -0.05) is 47.5 Å². The number of fused-ring (bicyclic) bond motifs is 1. The van der Waals surface area contributed by atoms with E-state index in [-0.39, 0.29) is 18.0 Å². The number of amides is 1. The molecule has 174 valence electrons. The first-order valence-electron chi connectivity index (χ1n) is 11.2. The Balaban J connectivity index is 1.68. The number of hydrogen-bond donors (Lipinski definition) is 1. The predicted octanol–water partition coefficient (Wildman–Crippen LogP) is 5.70. The number of aromatic nitrogens is 1. The zero-order chi connectivity index (χ0) is 24.2. The van der Waals surface area contributed by atoms with Gasteiger partial charge in [0.05, 0.1) is 12.6 Å². The molecular formula is C28H27ClN2O3. The number of ether oxygens (including phenoxy) is 1. The normalized spacial score (nSPS) is 10.9. The number of benzene rings is 3. The molecule has 0 unspecified atom stereocenters. The lowest BCUT2D eigenvalue weighted by atomic mass is 10.0. The first-order chi connectivity index (χ1) is 16.4. The van der Waals surface area contributed by atoms with Crippen molar-refractivity contribution in [3.63, 3.8) is 0 Å². The Morgan fingerprint density at radius 1 is 1.00 bits per heavy atom. The molecule has 4 rings (SSSR count). The van der Waals surface area contributed by atoms with Gasteiger partial charge in [-0.3, -0.25) is 14.2 Å². The molecule has 0 bridgehead atoms. The summed E-state index contributed by atoms with van der Waals surface area (Å²) in [6.07, 6.45) is 1.32. The summed E-state index contributed by atoms with van der Waals surface area (Å²) in [5.41, 5.74) is 4.93. The summed E-state index contributed by atoms with van der Waals surface area (Å²) in [4.78, 5) is 26.5. The average molecular weight is 475 g/mol. The van der Waals surface area contributed by atoms with Crippen LogP contribution in [0.15, 0.2) is 71.5 Å². The van der Waals surface area contributed by atoms with Crippen LogP contribution in [0.25, 0.3) is 10.9 Å². The zero-order valence-corrected chi connectivity index (χ0v) is 20.3. The Bertz CT molecular complexity index is 1410. The molecule has 0 spiro atoms. The van der Waals surface area contributed by atoms with E-state index in [0.29, 0.717) is 34.0 Å². The second-order valence-electron chi connectivity index (χ2n) is 8.43. The van der Waals surface area contributed by atoms with Gasteiger partial charge in [-0.15, -0.1) is 0 Å². The van der Waals surface area contributed by atoms with Gasteiger partial charge in [0.1, 0.15) is 12.3 Å². The molecule has 0 atom stereocenters. The maximum absolute atomic E-state index is 13.5. The van der Waals surface area contributed by atoms with Gasteiger partial charge < -0.3 is 10.1 Å². The number of nitrogens with zero attached hydrogens (tertiary/aromatic N) is 1. The van der Waals surface area contributed by atoms with Crippen LogP contribution < -0.4 is 15.6 Å². The van der Waals surface area contributed by atoms with Gasteiger partial charge in [0.2, 0.25) is 5.91 Å². The first-order valence-corrected chi connectivity index (χ1v) is 11.5.